The summed E-state index contributed by atoms with van der Waals surface area (Å²) in [4.78, 5) is 4.26. The van der Waals surface area contributed by atoms with Crippen molar-refractivity contribution in [2.24, 2.45) is 0 Å². The summed E-state index contributed by atoms with van der Waals surface area (Å²) < 4.78 is 13.9. The average molecular weight is 494 g/mol. The highest BCUT2D eigenvalue weighted by Gasteiger charge is 2.35. The highest BCUT2D eigenvalue weighted by Crippen LogP contribution is 2.52. The summed E-state index contributed by atoms with van der Waals surface area (Å²) in [6.07, 6.45) is 3.69. The molecule has 6 aromatic rings. The molecule has 1 atom stereocenters. The van der Waals surface area contributed by atoms with Crippen molar-refractivity contribution in [3.05, 3.63) is 128 Å². The van der Waals surface area contributed by atoms with E-state index in [4.69, 9.17) is 0 Å². The number of benzene rings is 5. The minimum Gasteiger partial charge on any atom is -0.314 e. The van der Waals surface area contributed by atoms with Crippen molar-refractivity contribution < 1.29 is 4.57 Å². The fourth-order valence-electron chi connectivity index (χ4n) is 5.69. The van der Waals surface area contributed by atoms with Gasteiger partial charge in [0.25, 0.3) is 0 Å². The van der Waals surface area contributed by atoms with Crippen LogP contribution < -0.4 is 10.6 Å². The van der Waals surface area contributed by atoms with Crippen molar-refractivity contribution in [3.63, 3.8) is 0 Å². The highest BCUT2D eigenvalue weighted by atomic mass is 31.2. The molecular formula is C34H24NOP. The summed E-state index contributed by atoms with van der Waals surface area (Å²) in [6, 6.07) is 40.3. The maximum absolute atomic E-state index is 13.9. The average Bonchev–Trinajstić information content (AvgIpc) is 3.20. The van der Waals surface area contributed by atoms with Crippen LogP contribution in [0.2, 0.25) is 0 Å². The number of pyridine rings is 1. The summed E-state index contributed by atoms with van der Waals surface area (Å²) in [5, 5.41) is 4.33. The molecule has 37 heavy (non-hydrogen) atoms. The Bertz CT molecular complexity index is 1860. The minimum atomic E-state index is -2.63. The first kappa shape index (κ1) is 22.0. The molecule has 5 aromatic carbocycles. The Morgan fingerprint density at radius 1 is 0.568 bits per heavy atom. The molecule has 0 fully saturated rings. The molecule has 0 aliphatic carbocycles. The molecule has 1 unspecified atom stereocenters. The zero-order chi connectivity index (χ0) is 25.0. The van der Waals surface area contributed by atoms with Gasteiger partial charge >= 0.3 is 0 Å². The topological polar surface area (TPSA) is 30.0 Å². The molecule has 2 heterocycles. The molecule has 1 aliphatic rings. The zero-order valence-electron chi connectivity index (χ0n) is 20.4. The number of rotatable bonds is 3. The number of hydrogen-bond acceptors (Lipinski definition) is 2. The van der Waals surface area contributed by atoms with Crippen LogP contribution in [-0.4, -0.2) is 11.6 Å². The van der Waals surface area contributed by atoms with Crippen LogP contribution in [0.1, 0.15) is 0 Å². The van der Waals surface area contributed by atoms with Gasteiger partial charge in [-0.05, 0) is 74.6 Å². The van der Waals surface area contributed by atoms with Crippen LogP contribution in [0.15, 0.2) is 128 Å². The van der Waals surface area contributed by atoms with Crippen LogP contribution in [0.3, 0.4) is 0 Å². The first-order valence-electron chi connectivity index (χ1n) is 12.5. The number of fused-ring (bicyclic) bond motifs is 4. The SMILES string of the molecule is CP1(=O)c2ccccc2-c2c(-c3cc(-c4ccc(-c5cccnc5)cc4)c4ccccc4c3)cccc21. The molecule has 3 heteroatoms. The molecule has 0 amide bonds. The van der Waals surface area contributed by atoms with Crippen molar-refractivity contribution in [1.82, 2.24) is 4.98 Å². The van der Waals surface area contributed by atoms with Crippen molar-refractivity contribution in [2.75, 3.05) is 6.66 Å². The maximum atomic E-state index is 13.9. The number of nitrogens with zero attached hydrogens (tertiary/aromatic N) is 1. The molecule has 0 spiro atoms. The van der Waals surface area contributed by atoms with E-state index in [1.54, 1.807) is 6.20 Å². The standard InChI is InChI=1S/C34H24NOP/c1-37(36)32-13-5-4-11-30(32)34-29(12-6-14-33(34)37)27-20-25-8-2-3-10-28(25)31(21-27)24-17-15-23(16-18-24)26-9-7-19-35-22-26/h2-22H,1H3. The third-order valence-electron chi connectivity index (χ3n) is 7.50. The van der Waals surface area contributed by atoms with E-state index in [1.165, 1.54) is 21.9 Å². The molecule has 2 nitrogen and oxygen atoms in total. The van der Waals surface area contributed by atoms with Gasteiger partial charge < -0.3 is 4.57 Å². The quantitative estimate of drug-likeness (QED) is 0.233. The van der Waals surface area contributed by atoms with Crippen LogP contribution in [0.5, 0.6) is 0 Å². The van der Waals surface area contributed by atoms with E-state index in [0.29, 0.717) is 0 Å². The van der Waals surface area contributed by atoms with E-state index in [0.717, 1.165) is 44.0 Å². The fraction of sp³-hybridized carbons (Fsp3) is 0.0294. The molecule has 176 valence electrons. The van der Waals surface area contributed by atoms with Crippen LogP contribution in [-0.2, 0) is 4.57 Å². The molecule has 0 saturated heterocycles. The molecule has 7 rings (SSSR count). The van der Waals surface area contributed by atoms with E-state index in [1.807, 2.05) is 49.3 Å². The summed E-state index contributed by atoms with van der Waals surface area (Å²) in [7, 11) is -2.63. The minimum absolute atomic E-state index is 0.960. The highest BCUT2D eigenvalue weighted by molar-refractivity contribution is 7.79. The number of hydrogen-bond donors (Lipinski definition) is 0. The van der Waals surface area contributed by atoms with Gasteiger partial charge in [-0.15, -0.1) is 0 Å². The van der Waals surface area contributed by atoms with Crippen molar-refractivity contribution >= 4 is 28.5 Å². The molecule has 0 N–H and O–H groups in total. The Kier molecular flexibility index (Phi) is 4.99. The van der Waals surface area contributed by atoms with Crippen LogP contribution in [0, 0.1) is 0 Å². The fourth-order valence-corrected chi connectivity index (χ4v) is 8.00. The predicted octanol–water partition coefficient (Wildman–Crippen LogP) is 8.16. The van der Waals surface area contributed by atoms with Gasteiger partial charge in [-0.1, -0.05) is 97.1 Å². The first-order valence-corrected chi connectivity index (χ1v) is 14.6. The second-order valence-corrected chi connectivity index (χ2v) is 12.5. The van der Waals surface area contributed by atoms with E-state index < -0.39 is 7.14 Å². The molecule has 0 radical (unpaired) electrons. The Balaban J connectivity index is 1.44. The van der Waals surface area contributed by atoms with Crippen molar-refractivity contribution in [1.29, 1.82) is 0 Å². The van der Waals surface area contributed by atoms with Gasteiger partial charge in [0.2, 0.25) is 0 Å². The van der Waals surface area contributed by atoms with Gasteiger partial charge in [0.15, 0.2) is 0 Å². The van der Waals surface area contributed by atoms with Crippen molar-refractivity contribution in [3.8, 4) is 44.5 Å². The Labute approximate surface area is 216 Å². The first-order chi connectivity index (χ1) is 18.1. The largest absolute Gasteiger partial charge is 0.314 e. The van der Waals surface area contributed by atoms with Gasteiger partial charge in [-0.2, -0.15) is 0 Å². The number of aromatic nitrogens is 1. The summed E-state index contributed by atoms with van der Waals surface area (Å²) in [5.74, 6) is 0. The Morgan fingerprint density at radius 3 is 2.14 bits per heavy atom. The molecular weight excluding hydrogens is 469 g/mol. The normalized spacial score (nSPS) is 15.9. The van der Waals surface area contributed by atoms with Crippen molar-refractivity contribution in [2.45, 2.75) is 0 Å². The predicted molar refractivity (Wildman–Crippen MR) is 156 cm³/mol. The van der Waals surface area contributed by atoms with Crippen LogP contribution in [0.25, 0.3) is 55.3 Å². The van der Waals surface area contributed by atoms with E-state index in [-0.39, 0.29) is 0 Å². The monoisotopic (exact) mass is 493 g/mol. The Morgan fingerprint density at radius 2 is 1.30 bits per heavy atom. The van der Waals surface area contributed by atoms with E-state index >= 15 is 0 Å². The summed E-state index contributed by atoms with van der Waals surface area (Å²) in [6.45, 7) is 1.90. The second kappa shape index (κ2) is 8.40. The molecule has 0 saturated carbocycles. The van der Waals surface area contributed by atoms with Crippen LogP contribution >= 0.6 is 7.14 Å². The molecule has 1 aromatic heterocycles. The molecule has 0 bridgehead atoms. The lowest BCUT2D eigenvalue weighted by Crippen LogP contribution is -2.07. The lowest BCUT2D eigenvalue weighted by Gasteiger charge is -2.15. The van der Waals surface area contributed by atoms with Crippen LogP contribution in [0.4, 0.5) is 0 Å². The van der Waals surface area contributed by atoms with Gasteiger partial charge in [0.1, 0.15) is 7.14 Å². The lowest BCUT2D eigenvalue weighted by atomic mass is 9.89. The van der Waals surface area contributed by atoms with E-state index in [9.17, 15) is 4.57 Å². The smallest absolute Gasteiger partial charge is 0.141 e. The summed E-state index contributed by atoms with van der Waals surface area (Å²) in [5.41, 5.74) is 9.08. The second-order valence-electron chi connectivity index (χ2n) is 9.71. The Hall–Kier alpha value is -4.26. The zero-order valence-corrected chi connectivity index (χ0v) is 21.3. The lowest BCUT2D eigenvalue weighted by molar-refractivity contribution is 0.591. The maximum Gasteiger partial charge on any atom is 0.141 e. The molecule has 1 aliphatic heterocycles. The van der Waals surface area contributed by atoms with Gasteiger partial charge in [0.05, 0.1) is 0 Å². The van der Waals surface area contributed by atoms with Gasteiger partial charge in [0, 0.05) is 28.6 Å². The van der Waals surface area contributed by atoms with E-state index in [2.05, 4.69) is 83.8 Å². The third kappa shape index (κ3) is 3.49. The third-order valence-corrected chi connectivity index (χ3v) is 10.1. The summed E-state index contributed by atoms with van der Waals surface area (Å²) >= 11 is 0. The van der Waals surface area contributed by atoms with Gasteiger partial charge in [-0.25, -0.2) is 0 Å². The van der Waals surface area contributed by atoms with Gasteiger partial charge in [-0.3, -0.25) is 4.98 Å².